The third-order valence-electron chi connectivity index (χ3n) is 2.35. The molecule has 0 aliphatic rings. The lowest BCUT2D eigenvalue weighted by molar-refractivity contribution is 0.102. The summed E-state index contributed by atoms with van der Waals surface area (Å²) in [5.41, 5.74) is 0.789. The summed E-state index contributed by atoms with van der Waals surface area (Å²) in [4.78, 5) is 12.1. The number of hydrogen-bond acceptors (Lipinski definition) is 1. The number of benzene rings is 2. The monoisotopic (exact) mass is 409 g/mol. The van der Waals surface area contributed by atoms with Gasteiger partial charge in [-0.15, -0.1) is 0 Å². The van der Waals surface area contributed by atoms with Gasteiger partial charge in [-0.25, -0.2) is 4.39 Å². The fourth-order valence-corrected chi connectivity index (χ4v) is 2.44. The van der Waals surface area contributed by atoms with Crippen molar-refractivity contribution in [1.82, 2.24) is 0 Å². The van der Waals surface area contributed by atoms with E-state index in [2.05, 4.69) is 5.32 Å². The number of anilines is 1. The van der Waals surface area contributed by atoms with Gasteiger partial charge in [-0.05, 0) is 59.0 Å². The Morgan fingerprint density at radius 1 is 1.16 bits per heavy atom. The molecular formula is C13H7Cl2FINO. The van der Waals surface area contributed by atoms with Gasteiger partial charge in [0.2, 0.25) is 0 Å². The quantitative estimate of drug-likeness (QED) is 0.695. The minimum absolute atomic E-state index is 0.272. The van der Waals surface area contributed by atoms with Crippen LogP contribution in [0.3, 0.4) is 0 Å². The molecule has 0 unspecified atom stereocenters. The number of nitrogens with one attached hydrogen (secondary N) is 1. The van der Waals surface area contributed by atoms with E-state index in [1.165, 1.54) is 24.3 Å². The highest BCUT2D eigenvalue weighted by molar-refractivity contribution is 14.1. The first-order chi connectivity index (χ1) is 8.97. The van der Waals surface area contributed by atoms with Gasteiger partial charge in [-0.1, -0.05) is 23.2 Å². The van der Waals surface area contributed by atoms with Crippen LogP contribution in [0.15, 0.2) is 36.4 Å². The molecule has 6 heteroatoms. The Kier molecular flexibility index (Phi) is 4.65. The summed E-state index contributed by atoms with van der Waals surface area (Å²) in [7, 11) is 0. The van der Waals surface area contributed by atoms with Crippen LogP contribution in [0.4, 0.5) is 10.1 Å². The molecular weight excluding hydrogens is 403 g/mol. The summed E-state index contributed by atoms with van der Waals surface area (Å²) >= 11 is 13.7. The largest absolute Gasteiger partial charge is 0.321 e. The summed E-state index contributed by atoms with van der Waals surface area (Å²) < 4.78 is 13.6. The SMILES string of the molecule is O=C(Nc1ccc(F)cc1I)c1cc(Cl)ccc1Cl. The summed E-state index contributed by atoms with van der Waals surface area (Å²) in [5, 5.41) is 3.39. The number of rotatable bonds is 2. The molecule has 2 aromatic carbocycles. The van der Waals surface area contributed by atoms with Crippen LogP contribution < -0.4 is 5.32 Å². The zero-order chi connectivity index (χ0) is 14.0. The van der Waals surface area contributed by atoms with Crippen molar-refractivity contribution < 1.29 is 9.18 Å². The highest BCUT2D eigenvalue weighted by atomic mass is 127. The Morgan fingerprint density at radius 3 is 2.58 bits per heavy atom. The molecule has 0 bridgehead atoms. The average Bonchev–Trinajstić information content (AvgIpc) is 2.35. The predicted molar refractivity (Wildman–Crippen MR) is 83.5 cm³/mol. The summed E-state index contributed by atoms with van der Waals surface area (Å²) in [5.74, 6) is -0.750. The Hall–Kier alpha value is -0.850. The van der Waals surface area contributed by atoms with E-state index in [4.69, 9.17) is 23.2 Å². The standard InChI is InChI=1S/C13H7Cl2FINO/c14-7-1-3-10(15)9(5-7)13(19)18-12-4-2-8(16)6-11(12)17/h1-6H,(H,18,19). The lowest BCUT2D eigenvalue weighted by atomic mass is 10.2. The van der Waals surface area contributed by atoms with Crippen molar-refractivity contribution in [2.24, 2.45) is 0 Å². The second-order valence-corrected chi connectivity index (χ2v) is 5.71. The van der Waals surface area contributed by atoms with Gasteiger partial charge in [0.25, 0.3) is 5.91 Å². The third-order valence-corrected chi connectivity index (χ3v) is 3.81. The van der Waals surface area contributed by atoms with Crippen LogP contribution in [-0.4, -0.2) is 5.91 Å². The number of hydrogen-bond donors (Lipinski definition) is 1. The molecule has 0 aliphatic heterocycles. The normalized spacial score (nSPS) is 10.3. The smallest absolute Gasteiger partial charge is 0.257 e. The van der Waals surface area contributed by atoms with Crippen LogP contribution in [0, 0.1) is 9.39 Å². The highest BCUT2D eigenvalue weighted by Gasteiger charge is 2.12. The van der Waals surface area contributed by atoms with Crippen molar-refractivity contribution in [3.05, 3.63) is 61.4 Å². The van der Waals surface area contributed by atoms with Gasteiger partial charge in [-0.3, -0.25) is 4.79 Å². The molecule has 0 aliphatic carbocycles. The number of amides is 1. The maximum Gasteiger partial charge on any atom is 0.257 e. The molecule has 0 atom stereocenters. The van der Waals surface area contributed by atoms with Crippen molar-refractivity contribution in [2.45, 2.75) is 0 Å². The molecule has 0 saturated carbocycles. The Balaban J connectivity index is 2.28. The van der Waals surface area contributed by atoms with Crippen molar-refractivity contribution in [2.75, 3.05) is 5.32 Å². The second-order valence-electron chi connectivity index (χ2n) is 3.70. The molecule has 0 radical (unpaired) electrons. The topological polar surface area (TPSA) is 29.1 Å². The lowest BCUT2D eigenvalue weighted by Gasteiger charge is -2.09. The predicted octanol–water partition coefficient (Wildman–Crippen LogP) is 4.99. The first kappa shape index (κ1) is 14.6. The van der Waals surface area contributed by atoms with Crippen molar-refractivity contribution in [3.63, 3.8) is 0 Å². The Labute approximate surface area is 133 Å². The minimum Gasteiger partial charge on any atom is -0.321 e. The van der Waals surface area contributed by atoms with Crippen LogP contribution in [-0.2, 0) is 0 Å². The van der Waals surface area contributed by atoms with Gasteiger partial charge in [0.1, 0.15) is 5.82 Å². The van der Waals surface area contributed by atoms with Gasteiger partial charge in [-0.2, -0.15) is 0 Å². The fraction of sp³-hybridized carbons (Fsp3) is 0. The molecule has 0 saturated heterocycles. The van der Waals surface area contributed by atoms with E-state index in [9.17, 15) is 9.18 Å². The van der Waals surface area contributed by atoms with E-state index in [1.54, 1.807) is 12.1 Å². The van der Waals surface area contributed by atoms with Crippen LogP contribution in [0.1, 0.15) is 10.4 Å². The van der Waals surface area contributed by atoms with E-state index in [-0.39, 0.29) is 11.4 Å². The second kappa shape index (κ2) is 6.07. The average molecular weight is 410 g/mol. The van der Waals surface area contributed by atoms with Crippen LogP contribution in [0.2, 0.25) is 10.0 Å². The molecule has 0 fully saturated rings. The van der Waals surface area contributed by atoms with Crippen molar-refractivity contribution in [1.29, 1.82) is 0 Å². The maximum atomic E-state index is 13.0. The molecule has 0 aromatic heterocycles. The maximum absolute atomic E-state index is 13.0. The van der Waals surface area contributed by atoms with E-state index in [1.807, 2.05) is 22.6 Å². The summed E-state index contributed by atoms with van der Waals surface area (Å²) in [6.45, 7) is 0. The minimum atomic E-state index is -0.392. The number of carbonyl (C=O) groups is 1. The van der Waals surface area contributed by atoms with Crippen LogP contribution >= 0.6 is 45.8 Å². The molecule has 2 aromatic rings. The van der Waals surface area contributed by atoms with Gasteiger partial charge < -0.3 is 5.32 Å². The first-order valence-electron chi connectivity index (χ1n) is 5.19. The molecule has 2 nitrogen and oxygen atoms in total. The lowest BCUT2D eigenvalue weighted by Crippen LogP contribution is -2.13. The summed E-state index contributed by atoms with van der Waals surface area (Å²) in [6, 6.07) is 8.73. The van der Waals surface area contributed by atoms with E-state index < -0.39 is 5.91 Å². The fourth-order valence-electron chi connectivity index (χ4n) is 1.45. The van der Waals surface area contributed by atoms with Gasteiger partial charge in [0.15, 0.2) is 0 Å². The Morgan fingerprint density at radius 2 is 1.89 bits per heavy atom. The molecule has 1 N–H and O–H groups in total. The molecule has 1 amide bonds. The zero-order valence-electron chi connectivity index (χ0n) is 9.38. The highest BCUT2D eigenvalue weighted by Crippen LogP contribution is 2.24. The summed E-state index contributed by atoms with van der Waals surface area (Å²) in [6.07, 6.45) is 0. The van der Waals surface area contributed by atoms with E-state index in [0.717, 1.165) is 0 Å². The van der Waals surface area contributed by atoms with Crippen molar-refractivity contribution >= 4 is 57.4 Å². The molecule has 19 heavy (non-hydrogen) atoms. The van der Waals surface area contributed by atoms with E-state index in [0.29, 0.717) is 19.3 Å². The molecule has 0 spiro atoms. The molecule has 0 heterocycles. The number of halogens is 4. The van der Waals surface area contributed by atoms with E-state index >= 15 is 0 Å². The van der Waals surface area contributed by atoms with Gasteiger partial charge >= 0.3 is 0 Å². The van der Waals surface area contributed by atoms with Crippen LogP contribution in [0.25, 0.3) is 0 Å². The zero-order valence-corrected chi connectivity index (χ0v) is 13.1. The third kappa shape index (κ3) is 3.58. The number of carbonyl (C=O) groups excluding carboxylic acids is 1. The first-order valence-corrected chi connectivity index (χ1v) is 7.02. The van der Waals surface area contributed by atoms with Crippen LogP contribution in [0.5, 0.6) is 0 Å². The van der Waals surface area contributed by atoms with Gasteiger partial charge in [0, 0.05) is 8.59 Å². The molecule has 98 valence electrons. The Bertz CT molecular complexity index is 649. The molecule has 2 rings (SSSR count). The van der Waals surface area contributed by atoms with Gasteiger partial charge in [0.05, 0.1) is 16.3 Å². The van der Waals surface area contributed by atoms with Crippen molar-refractivity contribution in [3.8, 4) is 0 Å².